The Bertz CT molecular complexity index is 626. The van der Waals surface area contributed by atoms with Gasteiger partial charge in [-0.2, -0.15) is 0 Å². The number of hydrogen-bond acceptors (Lipinski definition) is 2. The first kappa shape index (κ1) is 16.6. The van der Waals surface area contributed by atoms with Crippen molar-refractivity contribution in [2.24, 2.45) is 0 Å². The summed E-state index contributed by atoms with van der Waals surface area (Å²) in [6, 6.07) is 12.1. The van der Waals surface area contributed by atoms with E-state index in [1.807, 2.05) is 30.3 Å². The van der Waals surface area contributed by atoms with E-state index in [0.717, 1.165) is 30.4 Å². The molecule has 0 radical (unpaired) electrons. The van der Waals surface area contributed by atoms with E-state index in [9.17, 15) is 0 Å². The Morgan fingerprint density at radius 3 is 2.43 bits per heavy atom. The molecule has 1 N–H and O–H groups in total. The van der Waals surface area contributed by atoms with Gasteiger partial charge in [-0.1, -0.05) is 44.5 Å². The molecule has 0 amide bonds. The summed E-state index contributed by atoms with van der Waals surface area (Å²) < 4.78 is 8.74. The summed E-state index contributed by atoms with van der Waals surface area (Å²) in [5, 5.41) is 3.39. The minimum absolute atomic E-state index is 0.478. The first-order chi connectivity index (χ1) is 10.1. The molecular weight excluding hydrogens is 462 g/mol. The molecule has 0 aromatic heterocycles. The van der Waals surface area contributed by atoms with Gasteiger partial charge in [-0.05, 0) is 52.3 Å². The molecule has 0 spiro atoms. The number of anilines is 1. The molecule has 0 aliphatic heterocycles. The zero-order valence-corrected chi connectivity index (χ0v) is 16.0. The largest absolute Gasteiger partial charge is 0.488 e. The van der Waals surface area contributed by atoms with Crippen LogP contribution in [0.4, 0.5) is 5.69 Å². The predicted molar refractivity (Wildman–Crippen MR) is 99.0 cm³/mol. The molecule has 0 heterocycles. The molecule has 5 heteroatoms. The van der Waals surface area contributed by atoms with E-state index in [1.165, 1.54) is 0 Å². The highest BCUT2D eigenvalue weighted by atomic mass is 79.9. The van der Waals surface area contributed by atoms with Gasteiger partial charge in [0.2, 0.25) is 0 Å². The van der Waals surface area contributed by atoms with Crippen molar-refractivity contribution < 1.29 is 4.74 Å². The Balaban J connectivity index is 2.17. The van der Waals surface area contributed by atoms with Crippen molar-refractivity contribution in [1.29, 1.82) is 0 Å². The lowest BCUT2D eigenvalue weighted by Gasteiger charge is -2.14. The maximum absolute atomic E-state index is 5.75. The van der Waals surface area contributed by atoms with Crippen LogP contribution in [0, 0.1) is 0 Å². The molecule has 0 saturated carbocycles. The average molecular weight is 476 g/mol. The number of benzene rings is 2. The summed E-state index contributed by atoms with van der Waals surface area (Å²) in [6.45, 7) is 4.84. The molecule has 0 saturated heterocycles. The molecule has 2 aromatic carbocycles. The summed E-state index contributed by atoms with van der Waals surface area (Å²) in [5.41, 5.74) is 2.13. The number of nitrogens with one attached hydrogen (secondary N) is 1. The molecule has 2 aromatic rings. The van der Waals surface area contributed by atoms with Gasteiger partial charge in [0.15, 0.2) is 0 Å². The number of hydrogen-bond donors (Lipinski definition) is 1. The second kappa shape index (κ2) is 8.01. The van der Waals surface area contributed by atoms with Gasteiger partial charge in [-0.15, -0.1) is 0 Å². The van der Waals surface area contributed by atoms with E-state index < -0.39 is 0 Å². The van der Waals surface area contributed by atoms with Crippen LogP contribution in [0.5, 0.6) is 5.75 Å². The minimum Gasteiger partial charge on any atom is -0.488 e. The van der Waals surface area contributed by atoms with Crippen molar-refractivity contribution >= 4 is 53.5 Å². The van der Waals surface area contributed by atoms with Crippen molar-refractivity contribution in [3.05, 3.63) is 68.0 Å². The third kappa shape index (κ3) is 4.87. The molecule has 110 valence electrons. The molecule has 0 atom stereocenters. The van der Waals surface area contributed by atoms with E-state index in [1.54, 1.807) is 6.08 Å². The number of ether oxygens (including phenoxy) is 1. The van der Waals surface area contributed by atoms with Gasteiger partial charge in [0.05, 0.1) is 4.47 Å². The van der Waals surface area contributed by atoms with Crippen molar-refractivity contribution in [3.63, 3.8) is 0 Å². The van der Waals surface area contributed by atoms with Gasteiger partial charge in [-0.25, -0.2) is 0 Å². The minimum atomic E-state index is 0.478. The third-order valence-electron chi connectivity index (χ3n) is 2.76. The number of rotatable bonds is 6. The van der Waals surface area contributed by atoms with Gasteiger partial charge < -0.3 is 10.1 Å². The van der Waals surface area contributed by atoms with Crippen molar-refractivity contribution in [3.8, 4) is 5.75 Å². The summed E-state index contributed by atoms with van der Waals surface area (Å²) in [6.07, 6.45) is 1.74. The SMILES string of the molecule is C=CCOc1c(Br)cc(Br)cc1CNc1ccc(Br)cc1. The highest BCUT2D eigenvalue weighted by Gasteiger charge is 2.10. The van der Waals surface area contributed by atoms with Crippen molar-refractivity contribution in [2.75, 3.05) is 11.9 Å². The van der Waals surface area contributed by atoms with Crippen LogP contribution in [0.2, 0.25) is 0 Å². The zero-order valence-electron chi connectivity index (χ0n) is 11.2. The lowest BCUT2D eigenvalue weighted by atomic mass is 10.2. The summed E-state index contributed by atoms with van der Waals surface area (Å²) >= 11 is 10.5. The quantitative estimate of drug-likeness (QED) is 0.506. The lowest BCUT2D eigenvalue weighted by molar-refractivity contribution is 0.357. The summed E-state index contributed by atoms with van der Waals surface area (Å²) in [7, 11) is 0. The molecule has 0 aliphatic rings. The average Bonchev–Trinajstić information content (AvgIpc) is 2.45. The fourth-order valence-electron chi connectivity index (χ4n) is 1.81. The molecular formula is C16H14Br3NO. The first-order valence-corrected chi connectivity index (χ1v) is 8.69. The van der Waals surface area contributed by atoms with Crippen molar-refractivity contribution in [1.82, 2.24) is 0 Å². The van der Waals surface area contributed by atoms with E-state index in [4.69, 9.17) is 4.74 Å². The second-order valence-corrected chi connectivity index (χ2v) is 7.02. The topological polar surface area (TPSA) is 21.3 Å². The highest BCUT2D eigenvalue weighted by Crippen LogP contribution is 2.33. The molecule has 2 rings (SSSR count). The summed E-state index contributed by atoms with van der Waals surface area (Å²) in [4.78, 5) is 0. The molecule has 2 nitrogen and oxygen atoms in total. The Morgan fingerprint density at radius 2 is 1.76 bits per heavy atom. The monoisotopic (exact) mass is 473 g/mol. The van der Waals surface area contributed by atoms with Gasteiger partial charge in [0.1, 0.15) is 12.4 Å². The zero-order chi connectivity index (χ0) is 15.2. The normalized spacial score (nSPS) is 10.2. The van der Waals surface area contributed by atoms with Crippen LogP contribution in [0.3, 0.4) is 0 Å². The smallest absolute Gasteiger partial charge is 0.139 e. The van der Waals surface area contributed by atoms with Crippen LogP contribution in [-0.2, 0) is 6.54 Å². The second-order valence-electron chi connectivity index (χ2n) is 4.34. The molecule has 0 bridgehead atoms. The highest BCUT2D eigenvalue weighted by molar-refractivity contribution is 9.11. The van der Waals surface area contributed by atoms with Gasteiger partial charge in [0, 0.05) is 26.7 Å². The summed E-state index contributed by atoms with van der Waals surface area (Å²) in [5.74, 6) is 0.836. The van der Waals surface area contributed by atoms with Crippen LogP contribution in [0.15, 0.2) is 62.5 Å². The van der Waals surface area contributed by atoms with Gasteiger partial charge >= 0.3 is 0 Å². The fourth-order valence-corrected chi connectivity index (χ4v) is 3.51. The maximum Gasteiger partial charge on any atom is 0.139 e. The van der Waals surface area contributed by atoms with Crippen LogP contribution < -0.4 is 10.1 Å². The molecule has 21 heavy (non-hydrogen) atoms. The molecule has 0 fully saturated rings. The van der Waals surface area contributed by atoms with E-state index in [0.29, 0.717) is 13.2 Å². The van der Waals surface area contributed by atoms with Crippen LogP contribution in [0.25, 0.3) is 0 Å². The number of halogens is 3. The Kier molecular flexibility index (Phi) is 6.33. The van der Waals surface area contributed by atoms with Crippen LogP contribution >= 0.6 is 47.8 Å². The predicted octanol–water partition coefficient (Wildman–Crippen LogP) is 6.15. The first-order valence-electron chi connectivity index (χ1n) is 6.31. The molecule has 0 unspecified atom stereocenters. The Labute approximate surface area is 150 Å². The van der Waals surface area contributed by atoms with Crippen LogP contribution in [0.1, 0.15) is 5.56 Å². The van der Waals surface area contributed by atoms with E-state index >= 15 is 0 Å². The van der Waals surface area contributed by atoms with E-state index in [-0.39, 0.29) is 0 Å². The van der Waals surface area contributed by atoms with Gasteiger partial charge in [-0.3, -0.25) is 0 Å². The fraction of sp³-hybridized carbons (Fsp3) is 0.125. The van der Waals surface area contributed by atoms with E-state index in [2.05, 4.69) is 65.8 Å². The lowest BCUT2D eigenvalue weighted by Crippen LogP contribution is -2.04. The van der Waals surface area contributed by atoms with Crippen LogP contribution in [-0.4, -0.2) is 6.61 Å². The van der Waals surface area contributed by atoms with Crippen molar-refractivity contribution in [2.45, 2.75) is 6.54 Å². The molecule has 0 aliphatic carbocycles. The Morgan fingerprint density at radius 1 is 1.05 bits per heavy atom. The van der Waals surface area contributed by atoms with Gasteiger partial charge in [0.25, 0.3) is 0 Å². The Hall–Kier alpha value is -0.780. The maximum atomic E-state index is 5.75. The third-order valence-corrected chi connectivity index (χ3v) is 4.33. The standard InChI is InChI=1S/C16H14Br3NO/c1-2-7-21-16-11(8-13(18)9-15(16)19)10-20-14-5-3-12(17)4-6-14/h2-6,8-9,20H,1,7,10H2.